The van der Waals surface area contributed by atoms with Crippen molar-refractivity contribution in [3.8, 4) is 22.9 Å². The second-order valence-corrected chi connectivity index (χ2v) is 6.09. The molecule has 0 spiro atoms. The molecule has 1 N–H and O–H groups in total. The smallest absolute Gasteiger partial charge is 0.262 e. The van der Waals surface area contributed by atoms with Crippen LogP contribution in [0.5, 0.6) is 5.75 Å². The predicted molar refractivity (Wildman–Crippen MR) is 102 cm³/mol. The molecule has 1 amide bonds. The van der Waals surface area contributed by atoms with Crippen molar-refractivity contribution >= 4 is 23.2 Å². The van der Waals surface area contributed by atoms with Gasteiger partial charge >= 0.3 is 0 Å². The maximum atomic E-state index is 13.1. The van der Waals surface area contributed by atoms with Crippen molar-refractivity contribution in [1.82, 2.24) is 0 Å². The number of halogens is 2. The van der Waals surface area contributed by atoms with Crippen LogP contribution in [0, 0.1) is 17.1 Å². The molecule has 3 aromatic carbocycles. The largest absolute Gasteiger partial charge is 0.484 e. The molecule has 3 rings (SSSR count). The van der Waals surface area contributed by atoms with Crippen LogP contribution in [0.15, 0.2) is 66.7 Å². The zero-order valence-corrected chi connectivity index (χ0v) is 14.8. The lowest BCUT2D eigenvalue weighted by Gasteiger charge is -2.09. The minimum atomic E-state index is -0.548. The van der Waals surface area contributed by atoms with Crippen LogP contribution in [0.1, 0.15) is 5.56 Å². The highest BCUT2D eigenvalue weighted by Crippen LogP contribution is 2.23. The average molecular weight is 381 g/mol. The molecule has 0 fully saturated rings. The van der Waals surface area contributed by atoms with Gasteiger partial charge < -0.3 is 10.1 Å². The third kappa shape index (κ3) is 4.84. The van der Waals surface area contributed by atoms with E-state index < -0.39 is 5.82 Å². The summed E-state index contributed by atoms with van der Waals surface area (Å²) in [5, 5.41) is 11.4. The van der Waals surface area contributed by atoms with Crippen molar-refractivity contribution in [2.45, 2.75) is 0 Å². The first-order chi connectivity index (χ1) is 13.0. The summed E-state index contributed by atoms with van der Waals surface area (Å²) >= 11 is 5.68. The third-order valence-electron chi connectivity index (χ3n) is 3.77. The van der Waals surface area contributed by atoms with Gasteiger partial charge in [0.25, 0.3) is 5.91 Å². The number of benzene rings is 3. The Hall–Kier alpha value is -3.36. The van der Waals surface area contributed by atoms with Crippen molar-refractivity contribution in [2.24, 2.45) is 0 Å². The Bertz CT molecular complexity index is 996. The van der Waals surface area contributed by atoms with E-state index in [0.717, 1.165) is 11.1 Å². The fourth-order valence-electron chi connectivity index (χ4n) is 2.40. The van der Waals surface area contributed by atoms with E-state index in [1.54, 1.807) is 24.3 Å². The molecule has 0 saturated carbocycles. The topological polar surface area (TPSA) is 62.1 Å². The normalized spacial score (nSPS) is 10.1. The summed E-state index contributed by atoms with van der Waals surface area (Å²) in [6.07, 6.45) is 0. The lowest BCUT2D eigenvalue weighted by Crippen LogP contribution is -2.20. The Morgan fingerprint density at radius 1 is 1.04 bits per heavy atom. The van der Waals surface area contributed by atoms with Crippen LogP contribution in [0.25, 0.3) is 11.1 Å². The van der Waals surface area contributed by atoms with E-state index in [1.165, 1.54) is 18.2 Å². The Labute approximate surface area is 160 Å². The highest BCUT2D eigenvalue weighted by Gasteiger charge is 2.07. The van der Waals surface area contributed by atoms with Crippen molar-refractivity contribution in [3.63, 3.8) is 0 Å². The molecular formula is C21H14ClFN2O2. The quantitative estimate of drug-likeness (QED) is 0.674. The molecule has 0 aliphatic heterocycles. The lowest BCUT2D eigenvalue weighted by atomic mass is 10.0. The molecule has 0 saturated heterocycles. The van der Waals surface area contributed by atoms with E-state index in [0.29, 0.717) is 17.0 Å². The number of rotatable bonds is 5. The van der Waals surface area contributed by atoms with Gasteiger partial charge in [-0.25, -0.2) is 4.39 Å². The minimum Gasteiger partial charge on any atom is -0.484 e. The highest BCUT2D eigenvalue weighted by atomic mass is 35.5. The summed E-state index contributed by atoms with van der Waals surface area (Å²) in [6, 6.07) is 20.5. The molecule has 0 unspecified atom stereocenters. The standard InChI is InChI=1S/C21H14ClFN2O2/c22-19-11-17(7-10-20(19)23)25-21(26)13-27-18-8-5-16(6-9-18)15-3-1-14(12-24)2-4-15/h1-11H,13H2,(H,25,26). The molecule has 0 aliphatic rings. The molecule has 3 aromatic rings. The SMILES string of the molecule is N#Cc1ccc(-c2ccc(OCC(=O)Nc3ccc(F)c(Cl)c3)cc2)cc1. The highest BCUT2D eigenvalue weighted by molar-refractivity contribution is 6.31. The molecule has 6 heteroatoms. The predicted octanol–water partition coefficient (Wildman–Crippen LogP) is 5.04. The Balaban J connectivity index is 1.57. The van der Waals surface area contributed by atoms with E-state index in [2.05, 4.69) is 11.4 Å². The van der Waals surface area contributed by atoms with Gasteiger partial charge in [-0.05, 0) is 53.6 Å². The lowest BCUT2D eigenvalue weighted by molar-refractivity contribution is -0.118. The number of carbonyl (C=O) groups is 1. The van der Waals surface area contributed by atoms with Crippen molar-refractivity contribution in [1.29, 1.82) is 5.26 Å². The zero-order valence-electron chi connectivity index (χ0n) is 14.1. The minimum absolute atomic E-state index is 0.0629. The Kier molecular flexibility index (Phi) is 5.70. The maximum Gasteiger partial charge on any atom is 0.262 e. The van der Waals surface area contributed by atoms with E-state index >= 15 is 0 Å². The fraction of sp³-hybridized carbons (Fsp3) is 0.0476. The summed E-state index contributed by atoms with van der Waals surface area (Å²) in [5.41, 5.74) is 2.95. The number of nitrogens with zero attached hydrogens (tertiary/aromatic N) is 1. The van der Waals surface area contributed by atoms with Gasteiger partial charge in [0, 0.05) is 5.69 Å². The molecule has 0 aliphatic carbocycles. The van der Waals surface area contributed by atoms with E-state index in [9.17, 15) is 9.18 Å². The number of hydrogen-bond donors (Lipinski definition) is 1. The summed E-state index contributed by atoms with van der Waals surface area (Å²) in [4.78, 5) is 11.9. The first-order valence-electron chi connectivity index (χ1n) is 8.03. The Morgan fingerprint density at radius 3 is 2.26 bits per heavy atom. The van der Waals surface area contributed by atoms with Crippen LogP contribution in [0.3, 0.4) is 0 Å². The fourth-order valence-corrected chi connectivity index (χ4v) is 2.58. The van der Waals surface area contributed by atoms with Crippen molar-refractivity contribution in [2.75, 3.05) is 11.9 Å². The van der Waals surface area contributed by atoms with Gasteiger partial charge in [0.15, 0.2) is 6.61 Å². The first-order valence-corrected chi connectivity index (χ1v) is 8.41. The van der Waals surface area contributed by atoms with Gasteiger partial charge in [-0.15, -0.1) is 0 Å². The molecule has 0 heterocycles. The van der Waals surface area contributed by atoms with Crippen molar-refractivity contribution < 1.29 is 13.9 Å². The summed E-state index contributed by atoms with van der Waals surface area (Å²) in [6.45, 7) is -0.189. The molecule has 0 radical (unpaired) electrons. The molecule has 4 nitrogen and oxygen atoms in total. The number of nitrogens with one attached hydrogen (secondary N) is 1. The van der Waals surface area contributed by atoms with Crippen LogP contribution in [0.4, 0.5) is 10.1 Å². The van der Waals surface area contributed by atoms with Crippen LogP contribution < -0.4 is 10.1 Å². The number of anilines is 1. The zero-order chi connectivity index (χ0) is 19.2. The Morgan fingerprint density at radius 2 is 1.67 bits per heavy atom. The second kappa shape index (κ2) is 8.35. The first kappa shape index (κ1) is 18.4. The van der Waals surface area contributed by atoms with E-state index in [4.69, 9.17) is 21.6 Å². The second-order valence-electron chi connectivity index (χ2n) is 5.68. The van der Waals surface area contributed by atoms with Gasteiger partial charge in [0.05, 0.1) is 16.7 Å². The molecular weight excluding hydrogens is 367 g/mol. The van der Waals surface area contributed by atoms with Gasteiger partial charge in [0.2, 0.25) is 0 Å². The maximum absolute atomic E-state index is 13.1. The number of ether oxygens (including phenoxy) is 1. The third-order valence-corrected chi connectivity index (χ3v) is 4.06. The summed E-state index contributed by atoms with van der Waals surface area (Å²) < 4.78 is 18.6. The number of carbonyl (C=O) groups excluding carboxylic acids is 1. The van der Waals surface area contributed by atoms with Gasteiger partial charge in [-0.3, -0.25) is 4.79 Å². The van der Waals surface area contributed by atoms with Crippen molar-refractivity contribution in [3.05, 3.63) is 83.1 Å². The number of nitriles is 1. The van der Waals surface area contributed by atoms with Crippen LogP contribution in [-0.2, 0) is 4.79 Å². The number of hydrogen-bond acceptors (Lipinski definition) is 3. The molecule has 134 valence electrons. The molecule has 0 bridgehead atoms. The van der Waals surface area contributed by atoms with Crippen LogP contribution >= 0.6 is 11.6 Å². The van der Waals surface area contributed by atoms with E-state index in [-0.39, 0.29) is 17.5 Å². The van der Waals surface area contributed by atoms with Gasteiger partial charge in [0.1, 0.15) is 11.6 Å². The molecule has 0 aromatic heterocycles. The van der Waals surface area contributed by atoms with Gasteiger partial charge in [-0.1, -0.05) is 35.9 Å². The average Bonchev–Trinajstić information content (AvgIpc) is 2.70. The summed E-state index contributed by atoms with van der Waals surface area (Å²) in [7, 11) is 0. The van der Waals surface area contributed by atoms with E-state index in [1.807, 2.05) is 24.3 Å². The van der Waals surface area contributed by atoms with Gasteiger partial charge in [-0.2, -0.15) is 5.26 Å². The molecule has 27 heavy (non-hydrogen) atoms. The monoisotopic (exact) mass is 380 g/mol. The van der Waals surface area contributed by atoms with Crippen LogP contribution in [-0.4, -0.2) is 12.5 Å². The number of amides is 1. The van der Waals surface area contributed by atoms with Crippen LogP contribution in [0.2, 0.25) is 5.02 Å². The molecule has 0 atom stereocenters. The summed E-state index contributed by atoms with van der Waals surface area (Å²) in [5.74, 6) is -0.387.